The van der Waals surface area contributed by atoms with Crippen LogP contribution in [-0.4, -0.2) is 29.2 Å². The Bertz CT molecular complexity index is 260. The van der Waals surface area contributed by atoms with Crippen LogP contribution in [0.4, 0.5) is 0 Å². The van der Waals surface area contributed by atoms with E-state index >= 15 is 0 Å². The number of aromatic nitrogens is 2. The van der Waals surface area contributed by atoms with E-state index in [9.17, 15) is 0 Å². The van der Waals surface area contributed by atoms with Crippen LogP contribution in [0.25, 0.3) is 0 Å². The lowest BCUT2D eigenvalue weighted by Crippen LogP contribution is -2.50. The fourth-order valence-corrected chi connectivity index (χ4v) is 0.953. The van der Waals surface area contributed by atoms with Gasteiger partial charge in [-0.15, -0.1) is 0 Å². The summed E-state index contributed by atoms with van der Waals surface area (Å²) >= 11 is 5.60. The number of hydrogen-bond acceptors (Lipinski definition) is 4. The Balaban J connectivity index is 1.98. The van der Waals surface area contributed by atoms with E-state index in [1.54, 1.807) is 0 Å². The molecule has 0 aliphatic carbocycles. The van der Waals surface area contributed by atoms with Gasteiger partial charge in [-0.25, -0.2) is 9.97 Å². The summed E-state index contributed by atoms with van der Waals surface area (Å²) in [7, 11) is 0. The van der Waals surface area contributed by atoms with Gasteiger partial charge in [0.15, 0.2) is 0 Å². The van der Waals surface area contributed by atoms with Crippen LogP contribution in [0.5, 0.6) is 6.01 Å². The maximum Gasteiger partial charge on any atom is 0.316 e. The predicted molar refractivity (Wildman–Crippen MR) is 44.3 cm³/mol. The first-order valence-electron chi connectivity index (χ1n) is 3.69. The third kappa shape index (κ3) is 1.65. The molecule has 0 aromatic carbocycles. The van der Waals surface area contributed by atoms with Crippen molar-refractivity contribution in [2.75, 3.05) is 13.1 Å². The van der Waals surface area contributed by atoms with Gasteiger partial charge in [-0.05, 0) is 0 Å². The van der Waals surface area contributed by atoms with Crippen LogP contribution in [-0.2, 0) is 0 Å². The molecule has 12 heavy (non-hydrogen) atoms. The van der Waals surface area contributed by atoms with Gasteiger partial charge >= 0.3 is 6.01 Å². The fourth-order valence-electron chi connectivity index (χ4n) is 0.856. The zero-order chi connectivity index (χ0) is 8.39. The third-order valence-electron chi connectivity index (χ3n) is 1.61. The van der Waals surface area contributed by atoms with Crippen LogP contribution < -0.4 is 10.1 Å². The number of nitrogens with one attached hydrogen (secondary N) is 1. The number of ether oxygens (including phenoxy) is 1. The Morgan fingerprint density at radius 2 is 2.08 bits per heavy atom. The maximum atomic E-state index is 5.60. The molecule has 1 saturated heterocycles. The zero-order valence-corrected chi connectivity index (χ0v) is 7.08. The molecule has 0 amide bonds. The van der Waals surface area contributed by atoms with Gasteiger partial charge < -0.3 is 10.1 Å². The average molecular weight is 186 g/mol. The molecular weight excluding hydrogens is 178 g/mol. The first-order valence-corrected chi connectivity index (χ1v) is 4.07. The molecule has 0 spiro atoms. The third-order valence-corrected chi connectivity index (χ3v) is 1.81. The van der Waals surface area contributed by atoms with Crippen LogP contribution in [0.2, 0.25) is 5.02 Å². The van der Waals surface area contributed by atoms with E-state index in [-0.39, 0.29) is 6.10 Å². The van der Waals surface area contributed by atoms with Gasteiger partial charge in [-0.1, -0.05) is 11.6 Å². The lowest BCUT2D eigenvalue weighted by atomic mass is 10.2. The molecule has 1 aliphatic rings. The molecule has 5 heteroatoms. The number of hydrogen-bond donors (Lipinski definition) is 1. The Morgan fingerprint density at radius 1 is 1.42 bits per heavy atom. The van der Waals surface area contributed by atoms with Crippen molar-refractivity contribution in [1.29, 1.82) is 0 Å². The number of halogens is 1. The molecule has 1 aliphatic heterocycles. The quantitative estimate of drug-likeness (QED) is 0.728. The van der Waals surface area contributed by atoms with Crippen LogP contribution in [0.1, 0.15) is 0 Å². The van der Waals surface area contributed by atoms with Gasteiger partial charge in [0.25, 0.3) is 0 Å². The van der Waals surface area contributed by atoms with Crippen molar-refractivity contribution in [3.05, 3.63) is 17.4 Å². The molecule has 4 nitrogen and oxygen atoms in total. The molecule has 1 fully saturated rings. The highest BCUT2D eigenvalue weighted by molar-refractivity contribution is 6.30. The van der Waals surface area contributed by atoms with Crippen LogP contribution in [0.3, 0.4) is 0 Å². The summed E-state index contributed by atoms with van der Waals surface area (Å²) in [5, 5.41) is 3.61. The van der Waals surface area contributed by atoms with E-state index in [2.05, 4.69) is 15.3 Å². The van der Waals surface area contributed by atoms with Crippen molar-refractivity contribution >= 4 is 11.6 Å². The largest absolute Gasteiger partial charge is 0.457 e. The van der Waals surface area contributed by atoms with E-state index in [0.717, 1.165) is 13.1 Å². The van der Waals surface area contributed by atoms with Gasteiger partial charge in [-0.2, -0.15) is 0 Å². The Hall–Kier alpha value is -0.870. The highest BCUT2D eigenvalue weighted by atomic mass is 35.5. The fraction of sp³-hybridized carbons (Fsp3) is 0.429. The predicted octanol–water partition coefficient (Wildman–Crippen LogP) is 0.481. The van der Waals surface area contributed by atoms with Crippen LogP contribution in [0, 0.1) is 0 Å². The molecule has 2 heterocycles. The molecule has 0 radical (unpaired) electrons. The summed E-state index contributed by atoms with van der Waals surface area (Å²) in [5.74, 6) is 0. The highest BCUT2D eigenvalue weighted by Crippen LogP contribution is 2.09. The first-order chi connectivity index (χ1) is 5.84. The minimum atomic E-state index is 0.214. The van der Waals surface area contributed by atoms with Crippen molar-refractivity contribution in [3.63, 3.8) is 0 Å². The van der Waals surface area contributed by atoms with Crippen molar-refractivity contribution in [2.45, 2.75) is 6.10 Å². The van der Waals surface area contributed by atoms with E-state index in [1.807, 2.05) is 0 Å². The van der Waals surface area contributed by atoms with E-state index in [4.69, 9.17) is 16.3 Å². The molecule has 1 aromatic heterocycles. The molecule has 0 bridgehead atoms. The first kappa shape index (κ1) is 7.76. The molecular formula is C7H8ClN3O. The zero-order valence-electron chi connectivity index (χ0n) is 6.33. The van der Waals surface area contributed by atoms with Gasteiger partial charge in [0.05, 0.1) is 17.4 Å². The monoisotopic (exact) mass is 185 g/mol. The standard InChI is InChI=1S/C7H8ClN3O/c8-5-1-10-7(11-2-5)12-6-3-9-4-6/h1-2,6,9H,3-4H2. The minimum Gasteiger partial charge on any atom is -0.457 e. The topological polar surface area (TPSA) is 47.0 Å². The lowest BCUT2D eigenvalue weighted by Gasteiger charge is -2.26. The Kier molecular flexibility index (Phi) is 2.10. The molecule has 0 unspecified atom stereocenters. The summed E-state index contributed by atoms with van der Waals surface area (Å²) in [4.78, 5) is 7.81. The maximum absolute atomic E-state index is 5.60. The van der Waals surface area contributed by atoms with Gasteiger partial charge in [0.2, 0.25) is 0 Å². The summed E-state index contributed by atoms with van der Waals surface area (Å²) in [6.07, 6.45) is 3.26. The average Bonchev–Trinajstić information content (AvgIpc) is 2.00. The lowest BCUT2D eigenvalue weighted by molar-refractivity contribution is 0.129. The summed E-state index contributed by atoms with van der Waals surface area (Å²) in [5.41, 5.74) is 0. The van der Waals surface area contributed by atoms with E-state index in [0.29, 0.717) is 11.0 Å². The molecule has 1 aromatic rings. The Labute approximate surface area is 74.9 Å². The molecule has 1 N–H and O–H groups in total. The molecule has 0 atom stereocenters. The number of rotatable bonds is 2. The second kappa shape index (κ2) is 3.25. The summed E-state index contributed by atoms with van der Waals surface area (Å²) in [6, 6.07) is 0.394. The summed E-state index contributed by atoms with van der Waals surface area (Å²) < 4.78 is 5.36. The molecule has 0 saturated carbocycles. The summed E-state index contributed by atoms with van der Waals surface area (Å²) in [6.45, 7) is 1.73. The van der Waals surface area contributed by atoms with E-state index < -0.39 is 0 Å². The van der Waals surface area contributed by atoms with Crippen molar-refractivity contribution in [1.82, 2.24) is 15.3 Å². The van der Waals surface area contributed by atoms with Crippen molar-refractivity contribution in [3.8, 4) is 6.01 Å². The second-order valence-corrected chi connectivity index (χ2v) is 3.02. The normalized spacial score (nSPS) is 17.1. The van der Waals surface area contributed by atoms with Gasteiger partial charge in [0.1, 0.15) is 6.10 Å². The van der Waals surface area contributed by atoms with Crippen LogP contribution >= 0.6 is 11.6 Å². The van der Waals surface area contributed by atoms with Crippen molar-refractivity contribution < 1.29 is 4.74 Å². The highest BCUT2D eigenvalue weighted by Gasteiger charge is 2.19. The Morgan fingerprint density at radius 3 is 2.58 bits per heavy atom. The smallest absolute Gasteiger partial charge is 0.316 e. The molecule has 64 valence electrons. The SMILES string of the molecule is Clc1cnc(OC2CNC2)nc1. The van der Waals surface area contributed by atoms with Crippen LogP contribution in [0.15, 0.2) is 12.4 Å². The van der Waals surface area contributed by atoms with Crippen molar-refractivity contribution in [2.24, 2.45) is 0 Å². The molecule has 2 rings (SSSR count). The number of nitrogens with zero attached hydrogens (tertiary/aromatic N) is 2. The van der Waals surface area contributed by atoms with Gasteiger partial charge in [-0.3, -0.25) is 0 Å². The second-order valence-electron chi connectivity index (χ2n) is 2.58. The minimum absolute atomic E-state index is 0.214. The van der Waals surface area contributed by atoms with Gasteiger partial charge in [0, 0.05) is 13.1 Å². The van der Waals surface area contributed by atoms with E-state index in [1.165, 1.54) is 12.4 Å².